The standard InChI is InChI=1S/C28H39N3O/c1-5-6-16-27(31-19(2)10-7-11-20(31)3)23-14-9-15-26-25(23)18-24(28(32)30-26)21-12-8-13-22(17-21)29-4/h8-9,12-15,17,19-20,24,27,29H,5-7,10-11,16,18H2,1-4H3,(H,30,32). The minimum atomic E-state index is -0.153. The molecule has 0 saturated carbocycles. The van der Waals surface area contributed by atoms with Crippen LogP contribution in [0.15, 0.2) is 42.5 Å². The van der Waals surface area contributed by atoms with E-state index in [0.29, 0.717) is 18.1 Å². The molecule has 4 rings (SSSR count). The van der Waals surface area contributed by atoms with Gasteiger partial charge in [-0.15, -0.1) is 0 Å². The van der Waals surface area contributed by atoms with Crippen LogP contribution in [0.1, 0.15) is 87.9 Å². The zero-order valence-corrected chi connectivity index (χ0v) is 20.2. The highest BCUT2D eigenvalue weighted by Gasteiger charge is 2.35. The van der Waals surface area contributed by atoms with Gasteiger partial charge in [0.1, 0.15) is 0 Å². The fraction of sp³-hybridized carbons (Fsp3) is 0.536. The molecule has 0 bridgehead atoms. The molecule has 2 aliphatic heterocycles. The van der Waals surface area contributed by atoms with Crippen LogP contribution in [0, 0.1) is 0 Å². The van der Waals surface area contributed by atoms with Gasteiger partial charge in [0.15, 0.2) is 0 Å². The number of rotatable bonds is 7. The Balaban J connectivity index is 1.73. The third-order valence-electron chi connectivity index (χ3n) is 7.58. The largest absolute Gasteiger partial charge is 0.388 e. The number of unbranched alkanes of at least 4 members (excludes halogenated alkanes) is 1. The summed E-state index contributed by atoms with van der Waals surface area (Å²) in [7, 11) is 1.92. The van der Waals surface area contributed by atoms with E-state index in [4.69, 9.17) is 0 Å². The Morgan fingerprint density at radius 2 is 1.88 bits per heavy atom. The number of nitrogens with one attached hydrogen (secondary N) is 2. The van der Waals surface area contributed by atoms with E-state index in [2.05, 4.69) is 66.6 Å². The number of nitrogens with zero attached hydrogens (tertiary/aromatic N) is 1. The molecule has 2 aromatic carbocycles. The molecular weight excluding hydrogens is 394 g/mol. The number of carbonyl (C=O) groups excluding carboxylic acids is 1. The topological polar surface area (TPSA) is 44.4 Å². The average molecular weight is 434 g/mol. The van der Waals surface area contributed by atoms with Crippen LogP contribution >= 0.6 is 0 Å². The van der Waals surface area contributed by atoms with E-state index in [1.165, 1.54) is 49.7 Å². The van der Waals surface area contributed by atoms with Gasteiger partial charge in [0.25, 0.3) is 0 Å². The summed E-state index contributed by atoms with van der Waals surface area (Å²) in [6, 6.07) is 16.4. The Bertz CT molecular complexity index is 930. The summed E-state index contributed by atoms with van der Waals surface area (Å²) in [5, 5.41) is 6.45. The van der Waals surface area contributed by atoms with Crippen LogP contribution in [-0.2, 0) is 11.2 Å². The molecule has 0 spiro atoms. The Hall–Kier alpha value is -2.33. The van der Waals surface area contributed by atoms with Crippen molar-refractivity contribution in [3.05, 3.63) is 59.2 Å². The van der Waals surface area contributed by atoms with Crippen LogP contribution in [0.4, 0.5) is 11.4 Å². The molecule has 4 heteroatoms. The van der Waals surface area contributed by atoms with Crippen molar-refractivity contribution in [2.24, 2.45) is 0 Å². The normalized spacial score (nSPS) is 24.5. The Morgan fingerprint density at radius 1 is 1.12 bits per heavy atom. The molecule has 172 valence electrons. The SMILES string of the molecule is CCCCC(c1cccc2c1CC(c1cccc(NC)c1)C(=O)N2)N1C(C)CCCC1C. The van der Waals surface area contributed by atoms with E-state index in [1.807, 2.05) is 19.2 Å². The lowest BCUT2D eigenvalue weighted by Gasteiger charge is -2.45. The summed E-state index contributed by atoms with van der Waals surface area (Å²) in [6.45, 7) is 7.08. The van der Waals surface area contributed by atoms with E-state index in [-0.39, 0.29) is 11.8 Å². The quantitative estimate of drug-likeness (QED) is 0.524. The third kappa shape index (κ3) is 4.56. The van der Waals surface area contributed by atoms with Crippen molar-refractivity contribution in [2.75, 3.05) is 17.7 Å². The Morgan fingerprint density at radius 3 is 2.59 bits per heavy atom. The highest BCUT2D eigenvalue weighted by molar-refractivity contribution is 5.99. The van der Waals surface area contributed by atoms with E-state index >= 15 is 0 Å². The van der Waals surface area contributed by atoms with Crippen LogP contribution in [0.5, 0.6) is 0 Å². The van der Waals surface area contributed by atoms with Crippen molar-refractivity contribution in [1.82, 2.24) is 4.90 Å². The van der Waals surface area contributed by atoms with Crippen LogP contribution in [0.2, 0.25) is 0 Å². The summed E-state index contributed by atoms with van der Waals surface area (Å²) in [4.78, 5) is 15.9. The summed E-state index contributed by atoms with van der Waals surface area (Å²) in [6.07, 6.45) is 8.25. The van der Waals surface area contributed by atoms with Crippen LogP contribution in [0.3, 0.4) is 0 Å². The van der Waals surface area contributed by atoms with Crippen LogP contribution in [0.25, 0.3) is 0 Å². The molecule has 0 aliphatic carbocycles. The molecule has 0 aromatic heterocycles. The Kier molecular flexibility index (Phi) is 7.20. The van der Waals surface area contributed by atoms with Gasteiger partial charge in [-0.2, -0.15) is 0 Å². The van der Waals surface area contributed by atoms with Crippen molar-refractivity contribution in [3.63, 3.8) is 0 Å². The van der Waals surface area contributed by atoms with E-state index in [1.54, 1.807) is 0 Å². The maximum absolute atomic E-state index is 13.1. The minimum absolute atomic E-state index is 0.104. The molecule has 1 fully saturated rings. The van der Waals surface area contributed by atoms with E-state index in [9.17, 15) is 4.79 Å². The molecule has 4 unspecified atom stereocenters. The van der Waals surface area contributed by atoms with Gasteiger partial charge in [-0.1, -0.05) is 50.5 Å². The second-order valence-electron chi connectivity index (χ2n) is 9.73. The molecule has 32 heavy (non-hydrogen) atoms. The van der Waals surface area contributed by atoms with Crippen molar-refractivity contribution < 1.29 is 4.79 Å². The molecule has 1 amide bonds. The smallest absolute Gasteiger partial charge is 0.232 e. The van der Waals surface area contributed by atoms with Gasteiger partial charge in [0, 0.05) is 36.5 Å². The monoisotopic (exact) mass is 433 g/mol. The van der Waals surface area contributed by atoms with E-state index < -0.39 is 0 Å². The van der Waals surface area contributed by atoms with Crippen molar-refractivity contribution in [2.45, 2.75) is 89.8 Å². The number of likely N-dealkylation sites (tertiary alicyclic amines) is 1. The molecule has 4 atom stereocenters. The van der Waals surface area contributed by atoms with Gasteiger partial charge < -0.3 is 10.6 Å². The van der Waals surface area contributed by atoms with Crippen LogP contribution < -0.4 is 10.6 Å². The highest BCUT2D eigenvalue weighted by atomic mass is 16.1. The second-order valence-corrected chi connectivity index (χ2v) is 9.73. The molecular formula is C28H39N3O. The predicted octanol–water partition coefficient (Wildman–Crippen LogP) is 6.50. The fourth-order valence-electron chi connectivity index (χ4n) is 5.88. The van der Waals surface area contributed by atoms with Gasteiger partial charge in [-0.05, 0) is 74.4 Å². The van der Waals surface area contributed by atoms with Gasteiger partial charge in [0.05, 0.1) is 5.92 Å². The third-order valence-corrected chi connectivity index (χ3v) is 7.58. The molecule has 2 aliphatic rings. The number of carbonyl (C=O) groups is 1. The molecule has 2 N–H and O–H groups in total. The number of hydrogen-bond donors (Lipinski definition) is 2. The number of benzene rings is 2. The molecule has 4 nitrogen and oxygen atoms in total. The van der Waals surface area contributed by atoms with Gasteiger partial charge in [-0.25, -0.2) is 0 Å². The fourth-order valence-corrected chi connectivity index (χ4v) is 5.88. The van der Waals surface area contributed by atoms with E-state index in [0.717, 1.165) is 23.4 Å². The first-order valence-electron chi connectivity index (χ1n) is 12.5. The predicted molar refractivity (Wildman–Crippen MR) is 134 cm³/mol. The summed E-state index contributed by atoms with van der Waals surface area (Å²) < 4.78 is 0. The zero-order chi connectivity index (χ0) is 22.7. The highest BCUT2D eigenvalue weighted by Crippen LogP contribution is 2.42. The van der Waals surface area contributed by atoms with Crippen molar-refractivity contribution >= 4 is 17.3 Å². The lowest BCUT2D eigenvalue weighted by molar-refractivity contribution is -0.117. The molecule has 0 radical (unpaired) electrons. The van der Waals surface area contributed by atoms with Gasteiger partial charge >= 0.3 is 0 Å². The summed E-state index contributed by atoms with van der Waals surface area (Å²) in [5.41, 5.74) is 5.89. The lowest BCUT2D eigenvalue weighted by atomic mass is 9.81. The Labute approximate surface area is 193 Å². The van der Waals surface area contributed by atoms with Gasteiger partial charge in [0.2, 0.25) is 5.91 Å². The number of amides is 1. The van der Waals surface area contributed by atoms with Gasteiger partial charge in [-0.3, -0.25) is 9.69 Å². The maximum Gasteiger partial charge on any atom is 0.232 e. The molecule has 2 aromatic rings. The minimum Gasteiger partial charge on any atom is -0.388 e. The second kappa shape index (κ2) is 10.1. The maximum atomic E-state index is 13.1. The molecule has 1 saturated heterocycles. The zero-order valence-electron chi connectivity index (χ0n) is 20.2. The number of piperidine rings is 1. The average Bonchev–Trinajstić information content (AvgIpc) is 2.80. The summed E-state index contributed by atoms with van der Waals surface area (Å²) in [5.74, 6) is -0.0484. The first-order valence-corrected chi connectivity index (χ1v) is 12.5. The summed E-state index contributed by atoms with van der Waals surface area (Å²) >= 11 is 0. The van der Waals surface area contributed by atoms with Crippen molar-refractivity contribution in [3.8, 4) is 0 Å². The molecule has 2 heterocycles. The number of fused-ring (bicyclic) bond motifs is 1. The number of hydrogen-bond acceptors (Lipinski definition) is 3. The first-order chi connectivity index (χ1) is 15.5. The lowest BCUT2D eigenvalue weighted by Crippen LogP contribution is -2.46. The first kappa shape index (κ1) is 22.8. The number of anilines is 2. The van der Waals surface area contributed by atoms with Crippen LogP contribution in [-0.4, -0.2) is 29.9 Å². The van der Waals surface area contributed by atoms with Crippen molar-refractivity contribution in [1.29, 1.82) is 0 Å².